The van der Waals surface area contributed by atoms with Crippen molar-refractivity contribution in [3.05, 3.63) is 39.4 Å². The summed E-state index contributed by atoms with van der Waals surface area (Å²) in [5.74, 6) is 1.77. The molecule has 6 nitrogen and oxygen atoms in total. The molecular weight excluding hydrogens is 248 g/mol. The monoisotopic (exact) mass is 262 g/mol. The van der Waals surface area contributed by atoms with Crippen LogP contribution in [0.2, 0.25) is 0 Å². The molecule has 0 aliphatic rings. The molecule has 0 aliphatic carbocycles. The summed E-state index contributed by atoms with van der Waals surface area (Å²) < 4.78 is 5.12. The lowest BCUT2D eigenvalue weighted by molar-refractivity contribution is -0.385. The van der Waals surface area contributed by atoms with Crippen molar-refractivity contribution in [1.29, 1.82) is 0 Å². The van der Waals surface area contributed by atoms with Crippen molar-refractivity contribution in [3.63, 3.8) is 0 Å². The number of hydrogen-bond acceptors (Lipinski definition) is 5. The first-order chi connectivity index (χ1) is 8.74. The number of rotatable bonds is 2. The van der Waals surface area contributed by atoms with E-state index in [-0.39, 0.29) is 11.3 Å². The Bertz CT molecular complexity index is 577. The number of benzene rings is 1. The van der Waals surface area contributed by atoms with Gasteiger partial charge in [0, 0.05) is 17.7 Å². The fourth-order valence-electron chi connectivity index (χ4n) is 1.35. The SMILES string of the molecule is CC(C)(C)OC(=O)c1cc(C#CN)ccc1[N+](=O)[O-]. The molecule has 1 rings (SSSR count). The molecule has 0 saturated carbocycles. The Balaban J connectivity index is 3.27. The quantitative estimate of drug-likeness (QED) is 0.288. The van der Waals surface area contributed by atoms with Crippen LogP contribution in [0.1, 0.15) is 36.7 Å². The molecule has 2 N–H and O–H groups in total. The summed E-state index contributed by atoms with van der Waals surface area (Å²) in [5, 5.41) is 10.9. The van der Waals surface area contributed by atoms with E-state index < -0.39 is 16.5 Å². The Morgan fingerprint density at radius 3 is 2.53 bits per heavy atom. The molecule has 1 aromatic rings. The van der Waals surface area contributed by atoms with Crippen LogP contribution in [0.5, 0.6) is 0 Å². The predicted octanol–water partition coefficient (Wildman–Crippen LogP) is 1.82. The van der Waals surface area contributed by atoms with Crippen LogP contribution in [0.3, 0.4) is 0 Å². The average Bonchev–Trinajstić information content (AvgIpc) is 2.26. The zero-order valence-electron chi connectivity index (χ0n) is 10.9. The summed E-state index contributed by atoms with van der Waals surface area (Å²) in [6, 6.07) is 6.10. The minimum absolute atomic E-state index is 0.139. The molecule has 0 saturated heterocycles. The van der Waals surface area contributed by atoms with Gasteiger partial charge in [0.2, 0.25) is 0 Å². The molecule has 0 amide bonds. The second-order valence-electron chi connectivity index (χ2n) is 4.76. The molecule has 0 heterocycles. The highest BCUT2D eigenvalue weighted by molar-refractivity contribution is 5.94. The lowest BCUT2D eigenvalue weighted by atomic mass is 10.1. The lowest BCUT2D eigenvalue weighted by Crippen LogP contribution is -2.24. The van der Waals surface area contributed by atoms with Crippen molar-refractivity contribution in [2.75, 3.05) is 0 Å². The van der Waals surface area contributed by atoms with Crippen molar-refractivity contribution in [2.45, 2.75) is 26.4 Å². The van der Waals surface area contributed by atoms with Crippen LogP contribution in [-0.2, 0) is 4.74 Å². The number of nitrogens with zero attached hydrogens (tertiary/aromatic N) is 1. The second kappa shape index (κ2) is 5.40. The number of nitrogens with two attached hydrogens (primary N) is 1. The Morgan fingerprint density at radius 1 is 1.42 bits per heavy atom. The van der Waals surface area contributed by atoms with Crippen LogP contribution >= 0.6 is 0 Å². The van der Waals surface area contributed by atoms with Crippen LogP contribution < -0.4 is 5.73 Å². The van der Waals surface area contributed by atoms with E-state index in [2.05, 4.69) is 12.0 Å². The third kappa shape index (κ3) is 4.00. The van der Waals surface area contributed by atoms with E-state index >= 15 is 0 Å². The highest BCUT2D eigenvalue weighted by atomic mass is 16.6. The van der Waals surface area contributed by atoms with Gasteiger partial charge < -0.3 is 10.5 Å². The van der Waals surface area contributed by atoms with Gasteiger partial charge in [-0.3, -0.25) is 10.1 Å². The van der Waals surface area contributed by atoms with Gasteiger partial charge in [-0.25, -0.2) is 4.79 Å². The minimum atomic E-state index is -0.764. The van der Waals surface area contributed by atoms with E-state index in [9.17, 15) is 14.9 Å². The predicted molar refractivity (Wildman–Crippen MR) is 69.3 cm³/mol. The first-order valence-electron chi connectivity index (χ1n) is 5.48. The smallest absolute Gasteiger partial charge is 0.345 e. The third-order valence-corrected chi connectivity index (χ3v) is 2.03. The fraction of sp³-hybridized carbons (Fsp3) is 0.308. The first kappa shape index (κ1) is 14.5. The van der Waals surface area contributed by atoms with E-state index in [1.165, 1.54) is 18.2 Å². The molecule has 1 aromatic carbocycles. The van der Waals surface area contributed by atoms with Crippen LogP contribution in [0.4, 0.5) is 5.69 Å². The minimum Gasteiger partial charge on any atom is -0.456 e. The molecule has 0 spiro atoms. The summed E-state index contributed by atoms with van der Waals surface area (Å²) in [6.07, 6.45) is 0. The Labute approximate surface area is 110 Å². The third-order valence-electron chi connectivity index (χ3n) is 2.03. The Morgan fingerprint density at radius 2 is 2.05 bits per heavy atom. The van der Waals surface area contributed by atoms with E-state index in [0.29, 0.717) is 5.56 Å². The zero-order chi connectivity index (χ0) is 14.6. The van der Waals surface area contributed by atoms with Gasteiger partial charge in [-0.15, -0.1) is 0 Å². The van der Waals surface area contributed by atoms with Gasteiger partial charge >= 0.3 is 5.97 Å². The maximum atomic E-state index is 11.9. The molecule has 0 atom stereocenters. The van der Waals surface area contributed by atoms with Gasteiger partial charge in [-0.05, 0) is 38.8 Å². The van der Waals surface area contributed by atoms with Crippen LogP contribution in [0, 0.1) is 22.1 Å². The van der Waals surface area contributed by atoms with Crippen molar-refractivity contribution in [3.8, 4) is 12.0 Å². The Kier molecular flexibility index (Phi) is 4.12. The average molecular weight is 262 g/mol. The molecule has 0 fully saturated rings. The van der Waals surface area contributed by atoms with Crippen molar-refractivity contribution in [1.82, 2.24) is 0 Å². The van der Waals surface area contributed by atoms with Crippen LogP contribution in [0.25, 0.3) is 0 Å². The molecule has 6 heteroatoms. The van der Waals surface area contributed by atoms with Crippen molar-refractivity contribution < 1.29 is 14.5 Å². The summed E-state index contributed by atoms with van der Waals surface area (Å²) in [7, 11) is 0. The summed E-state index contributed by atoms with van der Waals surface area (Å²) in [4.78, 5) is 22.2. The van der Waals surface area contributed by atoms with Gasteiger partial charge in [-0.1, -0.05) is 0 Å². The van der Waals surface area contributed by atoms with E-state index in [4.69, 9.17) is 10.5 Å². The number of esters is 1. The number of ether oxygens (including phenoxy) is 1. The van der Waals surface area contributed by atoms with Gasteiger partial charge in [0.1, 0.15) is 11.2 Å². The van der Waals surface area contributed by atoms with Crippen molar-refractivity contribution in [2.24, 2.45) is 5.73 Å². The number of carbonyl (C=O) groups is 1. The lowest BCUT2D eigenvalue weighted by Gasteiger charge is -2.19. The normalized spacial score (nSPS) is 10.3. The maximum Gasteiger partial charge on any atom is 0.345 e. The standard InChI is InChI=1S/C13H14N2O4/c1-13(2,3)19-12(16)10-8-9(6-7-14)4-5-11(10)15(17)18/h4-5,8H,14H2,1-3H3. The Hall–Kier alpha value is -2.55. The molecule has 0 aliphatic heterocycles. The molecule has 100 valence electrons. The molecule has 0 radical (unpaired) electrons. The molecule has 0 aromatic heterocycles. The summed E-state index contributed by atoms with van der Waals surface area (Å²) >= 11 is 0. The van der Waals surface area contributed by atoms with Gasteiger partial charge in [0.15, 0.2) is 0 Å². The van der Waals surface area contributed by atoms with Crippen LogP contribution in [-0.4, -0.2) is 16.5 Å². The van der Waals surface area contributed by atoms with Gasteiger partial charge in [-0.2, -0.15) is 0 Å². The number of nitro benzene ring substituents is 1. The van der Waals surface area contributed by atoms with Gasteiger partial charge in [0.25, 0.3) is 5.69 Å². The second-order valence-corrected chi connectivity index (χ2v) is 4.76. The summed E-state index contributed by atoms with van der Waals surface area (Å²) in [5.41, 5.74) is 4.29. The van der Waals surface area contributed by atoms with Crippen molar-refractivity contribution >= 4 is 11.7 Å². The van der Waals surface area contributed by atoms with Gasteiger partial charge in [0.05, 0.1) is 4.92 Å². The molecular formula is C13H14N2O4. The molecule has 0 bridgehead atoms. The first-order valence-corrected chi connectivity index (χ1v) is 5.48. The fourth-order valence-corrected chi connectivity index (χ4v) is 1.35. The zero-order valence-corrected chi connectivity index (χ0v) is 10.9. The largest absolute Gasteiger partial charge is 0.456 e. The topological polar surface area (TPSA) is 95.5 Å². The van der Waals surface area contributed by atoms with E-state index in [1.807, 2.05) is 0 Å². The molecule has 19 heavy (non-hydrogen) atoms. The maximum absolute atomic E-state index is 11.9. The number of hydrogen-bond donors (Lipinski definition) is 1. The van der Waals surface area contributed by atoms with Crippen LogP contribution in [0.15, 0.2) is 18.2 Å². The summed E-state index contributed by atoms with van der Waals surface area (Å²) in [6.45, 7) is 5.04. The number of nitro groups is 1. The highest BCUT2D eigenvalue weighted by Crippen LogP contribution is 2.22. The highest BCUT2D eigenvalue weighted by Gasteiger charge is 2.25. The van der Waals surface area contributed by atoms with E-state index in [0.717, 1.165) is 0 Å². The number of carbonyl (C=O) groups excluding carboxylic acids is 1. The molecule has 0 unspecified atom stereocenters. The van der Waals surface area contributed by atoms with E-state index in [1.54, 1.807) is 20.8 Å².